The van der Waals surface area contributed by atoms with Gasteiger partial charge in [-0.15, -0.1) is 0 Å². The van der Waals surface area contributed by atoms with Crippen LogP contribution in [0.25, 0.3) is 0 Å². The fourth-order valence-corrected chi connectivity index (χ4v) is 3.86. The van der Waals surface area contributed by atoms with Crippen molar-refractivity contribution >= 4 is 34.6 Å². The van der Waals surface area contributed by atoms with Gasteiger partial charge in [-0.1, -0.05) is 60.3 Å². The second-order valence-corrected chi connectivity index (χ2v) is 7.21. The summed E-state index contributed by atoms with van der Waals surface area (Å²) in [5, 5.41) is 3.37. The second kappa shape index (κ2) is 6.74. The molecule has 4 rings (SSSR count). The molecule has 2 aromatic carbocycles. The van der Waals surface area contributed by atoms with Crippen LogP contribution in [0.5, 0.6) is 0 Å². The van der Waals surface area contributed by atoms with Crippen LogP contribution in [0.2, 0.25) is 0 Å². The summed E-state index contributed by atoms with van der Waals surface area (Å²) in [5.74, 6) is -0.408. The Kier molecular flexibility index (Phi) is 4.39. The molecule has 2 aliphatic heterocycles. The molecule has 27 heavy (non-hydrogen) atoms. The first-order chi connectivity index (χ1) is 13.1. The topological polar surface area (TPSA) is 71.0 Å². The van der Waals surface area contributed by atoms with E-state index in [4.69, 9.17) is 4.74 Å². The summed E-state index contributed by atoms with van der Waals surface area (Å²) in [4.78, 5) is 31.7. The number of carbonyl (C=O) groups excluding carboxylic acids is 2. The Hall–Kier alpha value is -2.80. The molecule has 1 spiro atoms. The predicted molar refractivity (Wildman–Crippen MR) is 106 cm³/mol. The SMILES string of the molecule is CSC1=NC[C@@]2(O1)C(=O)N(C(=O)N[C@@H](C)c1ccccc1)c1ccccc12. The van der Waals surface area contributed by atoms with Crippen LogP contribution in [0.4, 0.5) is 10.5 Å². The van der Waals surface area contributed by atoms with Crippen LogP contribution in [0, 0.1) is 0 Å². The van der Waals surface area contributed by atoms with Crippen LogP contribution < -0.4 is 10.2 Å². The number of carbonyl (C=O) groups is 2. The van der Waals surface area contributed by atoms with Gasteiger partial charge in [0, 0.05) is 5.56 Å². The van der Waals surface area contributed by atoms with Crippen LogP contribution in [-0.2, 0) is 15.1 Å². The van der Waals surface area contributed by atoms with Crippen molar-refractivity contribution in [1.29, 1.82) is 0 Å². The standard InChI is InChI=1S/C20H19N3O3S/c1-13(14-8-4-3-5-9-14)22-18(25)23-16-11-7-6-10-15(16)20(17(23)24)12-21-19(26-20)27-2/h3-11,13H,12H2,1-2H3,(H,22,25)/t13-,20-/m0/s1. The largest absolute Gasteiger partial charge is 0.449 e. The number of anilines is 1. The average molecular weight is 381 g/mol. The zero-order chi connectivity index (χ0) is 19.0. The smallest absolute Gasteiger partial charge is 0.329 e. The van der Waals surface area contributed by atoms with E-state index in [1.165, 1.54) is 16.7 Å². The zero-order valence-corrected chi connectivity index (χ0v) is 15.8. The van der Waals surface area contributed by atoms with Crippen molar-refractivity contribution in [2.45, 2.75) is 18.6 Å². The van der Waals surface area contributed by atoms with Crippen molar-refractivity contribution in [3.05, 3.63) is 65.7 Å². The third kappa shape index (κ3) is 2.78. The van der Waals surface area contributed by atoms with E-state index in [2.05, 4.69) is 10.3 Å². The number of nitrogens with one attached hydrogen (secondary N) is 1. The highest BCUT2D eigenvalue weighted by molar-refractivity contribution is 8.12. The van der Waals surface area contributed by atoms with Gasteiger partial charge in [0.2, 0.25) is 10.8 Å². The fourth-order valence-electron chi connectivity index (χ4n) is 3.44. The van der Waals surface area contributed by atoms with Gasteiger partial charge in [0.1, 0.15) is 0 Å². The molecule has 0 saturated carbocycles. The second-order valence-electron chi connectivity index (χ2n) is 6.45. The number of nitrogens with zero attached hydrogens (tertiary/aromatic N) is 2. The van der Waals surface area contributed by atoms with Crippen LogP contribution >= 0.6 is 11.8 Å². The molecule has 0 fully saturated rings. The van der Waals surface area contributed by atoms with E-state index in [1.807, 2.05) is 55.6 Å². The van der Waals surface area contributed by atoms with Crippen molar-refractivity contribution in [3.8, 4) is 0 Å². The van der Waals surface area contributed by atoms with Gasteiger partial charge in [-0.2, -0.15) is 0 Å². The maximum Gasteiger partial charge on any atom is 0.329 e. The molecule has 6 nitrogen and oxygen atoms in total. The van der Waals surface area contributed by atoms with E-state index in [9.17, 15) is 9.59 Å². The Morgan fingerprint density at radius 2 is 1.93 bits per heavy atom. The molecule has 2 aliphatic rings. The summed E-state index contributed by atoms with van der Waals surface area (Å²) in [5.41, 5.74) is 0.927. The number of hydrogen-bond donors (Lipinski definition) is 1. The quantitative estimate of drug-likeness (QED) is 0.865. The predicted octanol–water partition coefficient (Wildman–Crippen LogP) is 3.45. The van der Waals surface area contributed by atoms with Crippen LogP contribution in [0.1, 0.15) is 24.1 Å². The van der Waals surface area contributed by atoms with Gasteiger partial charge in [0.25, 0.3) is 5.91 Å². The number of rotatable bonds is 2. The molecule has 2 heterocycles. The van der Waals surface area contributed by atoms with Crippen LogP contribution in [0.15, 0.2) is 59.6 Å². The molecule has 0 saturated heterocycles. The molecule has 0 unspecified atom stereocenters. The maximum absolute atomic E-state index is 13.3. The first kappa shape index (κ1) is 17.6. The molecule has 0 aliphatic carbocycles. The van der Waals surface area contributed by atoms with Gasteiger partial charge in [-0.25, -0.2) is 14.7 Å². The maximum atomic E-state index is 13.3. The van der Waals surface area contributed by atoms with Crippen molar-refractivity contribution in [3.63, 3.8) is 0 Å². The summed E-state index contributed by atoms with van der Waals surface area (Å²) in [6, 6.07) is 16.1. The number of hydrogen-bond acceptors (Lipinski definition) is 5. The Balaban J connectivity index is 1.64. The number of amides is 3. The van der Waals surface area contributed by atoms with Crippen molar-refractivity contribution in [2.24, 2.45) is 4.99 Å². The monoisotopic (exact) mass is 381 g/mol. The first-order valence-electron chi connectivity index (χ1n) is 8.64. The van der Waals surface area contributed by atoms with Gasteiger partial charge in [-0.05, 0) is 24.8 Å². The van der Waals surface area contributed by atoms with E-state index < -0.39 is 17.5 Å². The van der Waals surface area contributed by atoms with E-state index >= 15 is 0 Å². The van der Waals surface area contributed by atoms with Crippen molar-refractivity contribution in [1.82, 2.24) is 5.32 Å². The van der Waals surface area contributed by atoms with Crippen LogP contribution in [-0.4, -0.2) is 30.0 Å². The molecule has 0 bridgehead atoms. The number of aliphatic imine (C=N–C) groups is 1. The molecule has 2 aromatic rings. The fraction of sp³-hybridized carbons (Fsp3) is 0.250. The van der Waals surface area contributed by atoms with Gasteiger partial charge < -0.3 is 10.1 Å². The third-order valence-electron chi connectivity index (χ3n) is 4.84. The molecule has 0 radical (unpaired) electrons. The zero-order valence-electron chi connectivity index (χ0n) is 15.0. The Bertz CT molecular complexity index is 931. The summed E-state index contributed by atoms with van der Waals surface area (Å²) < 4.78 is 5.91. The minimum absolute atomic E-state index is 0.178. The molecule has 0 aromatic heterocycles. The van der Waals surface area contributed by atoms with Gasteiger partial charge >= 0.3 is 6.03 Å². The van der Waals surface area contributed by atoms with E-state index in [0.29, 0.717) is 16.5 Å². The molecule has 3 amide bonds. The number of thioether (sulfide) groups is 1. The Morgan fingerprint density at radius 1 is 1.22 bits per heavy atom. The minimum atomic E-state index is -1.25. The molecule has 138 valence electrons. The molecule has 1 N–H and O–H groups in total. The van der Waals surface area contributed by atoms with E-state index in [-0.39, 0.29) is 12.6 Å². The van der Waals surface area contributed by atoms with E-state index in [0.717, 1.165) is 5.56 Å². The lowest BCUT2D eigenvalue weighted by Gasteiger charge is -2.23. The summed E-state index contributed by atoms with van der Waals surface area (Å²) in [6.07, 6.45) is 1.84. The van der Waals surface area contributed by atoms with Gasteiger partial charge in [-0.3, -0.25) is 4.79 Å². The van der Waals surface area contributed by atoms with Crippen LogP contribution in [0.3, 0.4) is 0 Å². The van der Waals surface area contributed by atoms with E-state index in [1.54, 1.807) is 12.1 Å². The number of imide groups is 1. The Morgan fingerprint density at radius 3 is 2.63 bits per heavy atom. The number of para-hydroxylation sites is 1. The highest BCUT2D eigenvalue weighted by Gasteiger charge is 2.57. The van der Waals surface area contributed by atoms with Crippen molar-refractivity contribution in [2.75, 3.05) is 17.7 Å². The van der Waals surface area contributed by atoms with Gasteiger partial charge in [0.05, 0.1) is 18.3 Å². The number of fused-ring (bicyclic) bond motifs is 2. The average Bonchev–Trinajstić information content (AvgIpc) is 3.24. The lowest BCUT2D eigenvalue weighted by molar-refractivity contribution is -0.131. The summed E-state index contributed by atoms with van der Waals surface area (Å²) in [6.45, 7) is 2.06. The highest BCUT2D eigenvalue weighted by Crippen LogP contribution is 2.46. The first-order valence-corrected chi connectivity index (χ1v) is 9.86. The normalized spacial score (nSPS) is 21.6. The Labute approximate surface area is 161 Å². The third-order valence-corrected chi connectivity index (χ3v) is 5.40. The van der Waals surface area contributed by atoms with Gasteiger partial charge in [0.15, 0.2) is 0 Å². The number of ether oxygens (including phenoxy) is 1. The lowest BCUT2D eigenvalue weighted by Crippen LogP contribution is -2.49. The highest BCUT2D eigenvalue weighted by atomic mass is 32.2. The lowest BCUT2D eigenvalue weighted by atomic mass is 9.96. The molecule has 7 heteroatoms. The minimum Gasteiger partial charge on any atom is -0.449 e. The van der Waals surface area contributed by atoms with Crippen molar-refractivity contribution < 1.29 is 14.3 Å². The molecular weight excluding hydrogens is 362 g/mol. The number of benzene rings is 2. The molecule has 2 atom stereocenters. The number of urea groups is 1. The summed E-state index contributed by atoms with van der Waals surface area (Å²) in [7, 11) is 0. The molecular formula is C20H19N3O3S. The summed E-state index contributed by atoms with van der Waals surface area (Å²) >= 11 is 1.34.